The van der Waals surface area contributed by atoms with Crippen molar-refractivity contribution in [2.45, 2.75) is 24.8 Å². The van der Waals surface area contributed by atoms with E-state index in [2.05, 4.69) is 80.8 Å². The first-order valence-corrected chi connectivity index (χ1v) is 12.1. The van der Waals surface area contributed by atoms with E-state index in [1.807, 2.05) is 6.08 Å². The highest BCUT2D eigenvalue weighted by molar-refractivity contribution is 8.04. The third kappa shape index (κ3) is 5.12. The van der Waals surface area contributed by atoms with Gasteiger partial charge >= 0.3 is 0 Å². The minimum absolute atomic E-state index is 0.108. The fourth-order valence-electron chi connectivity index (χ4n) is 4.01. The van der Waals surface area contributed by atoms with Gasteiger partial charge in [0.25, 0.3) is 5.91 Å². The SMILES string of the molecule is CC1=CC=C(C=C2Sc3nc(Nc4ccc(N5CCN(C)CC5)cc4)ncc3NC2=O)CC1. The molecule has 0 unspecified atom stereocenters. The van der Waals surface area contributed by atoms with Crippen molar-refractivity contribution in [3.63, 3.8) is 0 Å². The van der Waals surface area contributed by atoms with E-state index in [9.17, 15) is 4.79 Å². The normalized spacial score (nSPS) is 20.1. The maximum Gasteiger partial charge on any atom is 0.262 e. The molecule has 1 aliphatic carbocycles. The smallest absolute Gasteiger partial charge is 0.262 e. The van der Waals surface area contributed by atoms with Crippen LogP contribution in [0.5, 0.6) is 0 Å². The van der Waals surface area contributed by atoms with E-state index in [0.717, 1.165) is 55.3 Å². The predicted octanol–water partition coefficient (Wildman–Crippen LogP) is 4.57. The van der Waals surface area contributed by atoms with Crippen LogP contribution in [0.25, 0.3) is 0 Å². The van der Waals surface area contributed by atoms with Crippen molar-refractivity contribution in [3.05, 3.63) is 64.7 Å². The van der Waals surface area contributed by atoms with Gasteiger partial charge in [-0.25, -0.2) is 9.97 Å². The van der Waals surface area contributed by atoms with E-state index < -0.39 is 0 Å². The summed E-state index contributed by atoms with van der Waals surface area (Å²) in [6, 6.07) is 8.38. The van der Waals surface area contributed by atoms with Crippen molar-refractivity contribution in [1.82, 2.24) is 14.9 Å². The summed E-state index contributed by atoms with van der Waals surface area (Å²) in [7, 11) is 2.16. The Bertz CT molecular complexity index is 1150. The summed E-state index contributed by atoms with van der Waals surface area (Å²) in [5.41, 5.74) is 5.34. The maximum atomic E-state index is 12.5. The molecule has 2 aromatic rings. The molecule has 33 heavy (non-hydrogen) atoms. The quantitative estimate of drug-likeness (QED) is 0.512. The van der Waals surface area contributed by atoms with Gasteiger partial charge in [0.1, 0.15) is 5.03 Å². The first-order valence-electron chi connectivity index (χ1n) is 11.3. The van der Waals surface area contributed by atoms with Crippen LogP contribution in [-0.4, -0.2) is 54.0 Å². The lowest BCUT2D eigenvalue weighted by atomic mass is 9.99. The fourth-order valence-corrected chi connectivity index (χ4v) is 4.92. The van der Waals surface area contributed by atoms with Crippen LogP contribution in [0.2, 0.25) is 0 Å². The van der Waals surface area contributed by atoms with Crippen molar-refractivity contribution < 1.29 is 4.79 Å². The number of nitrogens with one attached hydrogen (secondary N) is 2. The number of hydrogen-bond donors (Lipinski definition) is 2. The molecule has 2 aliphatic heterocycles. The summed E-state index contributed by atoms with van der Waals surface area (Å²) >= 11 is 1.39. The molecule has 1 aromatic heterocycles. The molecule has 0 bridgehead atoms. The minimum Gasteiger partial charge on any atom is -0.369 e. The van der Waals surface area contributed by atoms with E-state index in [0.29, 0.717) is 16.5 Å². The van der Waals surface area contributed by atoms with Gasteiger partial charge in [-0.05, 0) is 62.7 Å². The lowest BCUT2D eigenvalue weighted by Gasteiger charge is -2.34. The van der Waals surface area contributed by atoms with Gasteiger partial charge in [-0.3, -0.25) is 4.79 Å². The number of fused-ring (bicyclic) bond motifs is 1. The third-order valence-electron chi connectivity index (χ3n) is 6.13. The number of allylic oxidation sites excluding steroid dienone is 5. The zero-order chi connectivity index (χ0) is 22.8. The number of likely N-dealkylation sites (N-methyl/N-ethyl adjacent to an activating group) is 1. The van der Waals surface area contributed by atoms with Crippen LogP contribution in [0.1, 0.15) is 19.8 Å². The average molecular weight is 461 g/mol. The van der Waals surface area contributed by atoms with Crippen molar-refractivity contribution in [1.29, 1.82) is 0 Å². The zero-order valence-electron chi connectivity index (χ0n) is 19.0. The summed E-state index contributed by atoms with van der Waals surface area (Å²) < 4.78 is 0. The molecule has 2 N–H and O–H groups in total. The van der Waals surface area contributed by atoms with Crippen LogP contribution in [0, 0.1) is 0 Å². The van der Waals surface area contributed by atoms with Gasteiger partial charge in [0.2, 0.25) is 5.95 Å². The molecule has 0 radical (unpaired) electrons. The second-order valence-electron chi connectivity index (χ2n) is 8.69. The molecular weight excluding hydrogens is 432 g/mol. The lowest BCUT2D eigenvalue weighted by molar-refractivity contribution is -0.112. The highest BCUT2D eigenvalue weighted by Crippen LogP contribution is 2.38. The number of anilines is 4. The molecular formula is C25H28N6OS. The summed E-state index contributed by atoms with van der Waals surface area (Å²) in [5.74, 6) is 0.406. The molecule has 1 aromatic carbocycles. The number of hydrogen-bond acceptors (Lipinski definition) is 7. The molecule has 0 saturated carbocycles. The largest absolute Gasteiger partial charge is 0.369 e. The zero-order valence-corrected chi connectivity index (χ0v) is 19.8. The Morgan fingerprint density at radius 1 is 1.09 bits per heavy atom. The topological polar surface area (TPSA) is 73.4 Å². The van der Waals surface area contributed by atoms with Crippen LogP contribution in [0.4, 0.5) is 23.0 Å². The number of rotatable bonds is 4. The molecule has 0 atom stereocenters. The van der Waals surface area contributed by atoms with E-state index in [-0.39, 0.29) is 5.91 Å². The van der Waals surface area contributed by atoms with Gasteiger partial charge in [-0.2, -0.15) is 0 Å². The Kier molecular flexibility index (Phi) is 6.20. The van der Waals surface area contributed by atoms with E-state index in [1.54, 1.807) is 6.20 Å². The van der Waals surface area contributed by atoms with Crippen LogP contribution >= 0.6 is 11.8 Å². The highest BCUT2D eigenvalue weighted by atomic mass is 32.2. The molecule has 5 rings (SSSR count). The minimum atomic E-state index is -0.108. The van der Waals surface area contributed by atoms with E-state index in [4.69, 9.17) is 0 Å². The predicted molar refractivity (Wildman–Crippen MR) is 135 cm³/mol. The number of piperazine rings is 1. The molecule has 0 spiro atoms. The highest BCUT2D eigenvalue weighted by Gasteiger charge is 2.24. The standard InChI is InChI=1S/C25H28N6OS/c1-17-3-5-18(6-4-17)15-22-23(32)28-21-16-26-25(29-24(21)33-22)27-19-7-9-20(10-8-19)31-13-11-30(2)12-14-31/h3,5,7-10,15-16H,4,6,11-14H2,1-2H3,(H,28,32)(H,26,27,29). The molecule has 170 valence electrons. The molecule has 1 saturated heterocycles. The lowest BCUT2D eigenvalue weighted by Crippen LogP contribution is -2.44. The Labute approximate surface area is 198 Å². The third-order valence-corrected chi connectivity index (χ3v) is 7.16. The van der Waals surface area contributed by atoms with Crippen molar-refractivity contribution in [3.8, 4) is 0 Å². The van der Waals surface area contributed by atoms with Crippen LogP contribution in [-0.2, 0) is 4.79 Å². The monoisotopic (exact) mass is 460 g/mol. The Morgan fingerprint density at radius 3 is 2.61 bits per heavy atom. The second kappa shape index (κ2) is 9.41. The number of carbonyl (C=O) groups is 1. The van der Waals surface area contributed by atoms with Crippen LogP contribution in [0.3, 0.4) is 0 Å². The second-order valence-corrected chi connectivity index (χ2v) is 9.72. The average Bonchev–Trinajstić information content (AvgIpc) is 2.82. The first-order chi connectivity index (χ1) is 16.0. The first kappa shape index (κ1) is 21.7. The number of benzene rings is 1. The number of aromatic nitrogens is 2. The Morgan fingerprint density at radius 2 is 1.88 bits per heavy atom. The molecule has 7 nitrogen and oxygen atoms in total. The number of nitrogens with zero attached hydrogens (tertiary/aromatic N) is 4. The Balaban J connectivity index is 1.28. The fraction of sp³-hybridized carbons (Fsp3) is 0.320. The van der Waals surface area contributed by atoms with Gasteiger partial charge in [-0.1, -0.05) is 29.5 Å². The molecule has 3 heterocycles. The molecule has 1 fully saturated rings. The van der Waals surface area contributed by atoms with Gasteiger partial charge in [0.05, 0.1) is 16.8 Å². The van der Waals surface area contributed by atoms with Crippen molar-refractivity contribution in [2.75, 3.05) is 48.8 Å². The summed E-state index contributed by atoms with van der Waals surface area (Å²) in [5, 5.41) is 6.95. The molecule has 3 aliphatic rings. The van der Waals surface area contributed by atoms with Gasteiger partial charge in [-0.15, -0.1) is 0 Å². The maximum absolute atomic E-state index is 12.5. The summed E-state index contributed by atoms with van der Waals surface area (Å²) in [4.78, 5) is 27.0. The van der Waals surface area contributed by atoms with Gasteiger partial charge < -0.3 is 20.4 Å². The van der Waals surface area contributed by atoms with Gasteiger partial charge in [0.15, 0.2) is 0 Å². The number of thioether (sulfide) groups is 1. The Hall–Kier alpha value is -3.10. The molecule has 1 amide bonds. The summed E-state index contributed by atoms with van der Waals surface area (Å²) in [6.45, 7) is 6.39. The number of carbonyl (C=O) groups excluding carboxylic acids is 1. The van der Waals surface area contributed by atoms with Crippen LogP contribution in [0.15, 0.2) is 69.8 Å². The van der Waals surface area contributed by atoms with Gasteiger partial charge in [0, 0.05) is 37.6 Å². The van der Waals surface area contributed by atoms with E-state index >= 15 is 0 Å². The summed E-state index contributed by atoms with van der Waals surface area (Å²) in [6.07, 6.45) is 9.83. The molecule has 8 heteroatoms. The van der Waals surface area contributed by atoms with Crippen molar-refractivity contribution in [2.24, 2.45) is 0 Å². The van der Waals surface area contributed by atoms with Crippen molar-refractivity contribution >= 4 is 40.7 Å². The van der Waals surface area contributed by atoms with Crippen LogP contribution < -0.4 is 15.5 Å². The number of amides is 1. The van der Waals surface area contributed by atoms with E-state index in [1.165, 1.54) is 23.0 Å².